The van der Waals surface area contributed by atoms with Crippen LogP contribution in [0.5, 0.6) is 0 Å². The molecule has 0 unspecified atom stereocenters. The Bertz CT molecular complexity index is 888. The first kappa shape index (κ1) is 17.3. The second-order valence-corrected chi connectivity index (χ2v) is 5.70. The molecule has 1 heterocycles. The van der Waals surface area contributed by atoms with Crippen LogP contribution in [0.2, 0.25) is 0 Å². The fraction of sp³-hybridized carbons (Fsp3) is 0.167. The monoisotopic (exact) mass is 354 g/mol. The molecule has 0 bridgehead atoms. The van der Waals surface area contributed by atoms with E-state index in [1.165, 1.54) is 37.3 Å². The molecule has 2 aromatic carbocycles. The molecule has 0 radical (unpaired) electrons. The number of para-hydroxylation sites is 1. The van der Waals surface area contributed by atoms with Gasteiger partial charge in [-0.2, -0.15) is 0 Å². The minimum atomic E-state index is -1.15. The molecular weight excluding hydrogens is 340 g/mol. The van der Waals surface area contributed by atoms with Gasteiger partial charge >= 0.3 is 5.97 Å². The third kappa shape index (κ3) is 2.92. The number of nitrogens with zero attached hydrogens (tertiary/aromatic N) is 2. The molecule has 0 saturated carbocycles. The maximum Gasteiger partial charge on any atom is 0.329 e. The van der Waals surface area contributed by atoms with Crippen LogP contribution < -0.4 is 0 Å². The first-order chi connectivity index (χ1) is 12.4. The lowest BCUT2D eigenvalue weighted by atomic mass is 10.1. The highest BCUT2D eigenvalue weighted by molar-refractivity contribution is 6.22. The smallest absolute Gasteiger partial charge is 0.329 e. The molecule has 1 atom stereocenters. The zero-order valence-corrected chi connectivity index (χ0v) is 13.7. The Hall–Kier alpha value is -3.55. The van der Waals surface area contributed by atoms with Crippen LogP contribution in [0.15, 0.2) is 48.5 Å². The van der Waals surface area contributed by atoms with Gasteiger partial charge in [-0.05, 0) is 25.1 Å². The average molecular weight is 354 g/mol. The normalized spacial score (nSPS) is 14.1. The minimum Gasteiger partial charge on any atom is -0.459 e. The number of imide groups is 1. The fourth-order valence-electron chi connectivity index (χ4n) is 2.75. The lowest BCUT2D eigenvalue weighted by Crippen LogP contribution is -2.43. The molecular formula is C18H14N2O6. The molecule has 1 aliphatic heterocycles. The zero-order chi connectivity index (χ0) is 18.8. The maximum absolute atomic E-state index is 12.4. The molecule has 3 rings (SSSR count). The van der Waals surface area contributed by atoms with E-state index in [-0.39, 0.29) is 29.0 Å². The molecule has 8 heteroatoms. The Morgan fingerprint density at radius 2 is 1.62 bits per heavy atom. The van der Waals surface area contributed by atoms with Crippen molar-refractivity contribution in [2.24, 2.45) is 0 Å². The van der Waals surface area contributed by atoms with E-state index in [0.717, 1.165) is 4.90 Å². The number of nitro groups is 1. The van der Waals surface area contributed by atoms with Crippen LogP contribution in [0, 0.1) is 10.1 Å². The van der Waals surface area contributed by atoms with Gasteiger partial charge < -0.3 is 4.74 Å². The molecule has 2 amide bonds. The van der Waals surface area contributed by atoms with Gasteiger partial charge in [0.15, 0.2) is 0 Å². The van der Waals surface area contributed by atoms with Gasteiger partial charge in [-0.1, -0.05) is 24.3 Å². The van der Waals surface area contributed by atoms with Crippen molar-refractivity contribution in [2.45, 2.75) is 19.6 Å². The molecule has 0 fully saturated rings. The van der Waals surface area contributed by atoms with Crippen LogP contribution in [0.1, 0.15) is 33.2 Å². The van der Waals surface area contributed by atoms with Gasteiger partial charge in [0.05, 0.1) is 21.6 Å². The minimum absolute atomic E-state index is 0.173. The summed E-state index contributed by atoms with van der Waals surface area (Å²) >= 11 is 0. The standard InChI is InChI=1S/C18H14N2O6/c1-11(19-16(21)13-7-3-4-8-14(13)17(19)22)18(23)26-10-12-6-2-5-9-15(12)20(24)25/h2-9,11H,10H2,1H3/t11-/m0/s1. The number of carbonyl (C=O) groups is 3. The fourth-order valence-corrected chi connectivity index (χ4v) is 2.75. The number of nitro benzene ring substituents is 1. The van der Waals surface area contributed by atoms with Crippen molar-refractivity contribution in [3.05, 3.63) is 75.3 Å². The Morgan fingerprint density at radius 3 is 2.19 bits per heavy atom. The number of hydrogen-bond acceptors (Lipinski definition) is 6. The average Bonchev–Trinajstić information content (AvgIpc) is 2.90. The quantitative estimate of drug-likeness (QED) is 0.353. The summed E-state index contributed by atoms with van der Waals surface area (Å²) < 4.78 is 5.10. The lowest BCUT2D eigenvalue weighted by Gasteiger charge is -2.20. The van der Waals surface area contributed by atoms with Crippen molar-refractivity contribution in [3.8, 4) is 0 Å². The number of benzene rings is 2. The van der Waals surface area contributed by atoms with Crippen LogP contribution in [-0.4, -0.2) is 33.6 Å². The number of ether oxygens (including phenoxy) is 1. The summed E-state index contributed by atoms with van der Waals surface area (Å²) in [5.41, 5.74) is 0.515. The van der Waals surface area contributed by atoms with E-state index in [1.807, 2.05) is 0 Å². The van der Waals surface area contributed by atoms with Crippen LogP contribution in [-0.2, 0) is 16.1 Å². The summed E-state index contributed by atoms with van der Waals surface area (Å²) in [6, 6.07) is 11.0. The van der Waals surface area contributed by atoms with Crippen molar-refractivity contribution in [1.82, 2.24) is 4.90 Å². The van der Waals surface area contributed by atoms with Gasteiger partial charge in [0.1, 0.15) is 12.6 Å². The highest BCUT2D eigenvalue weighted by Crippen LogP contribution is 2.25. The third-order valence-corrected chi connectivity index (χ3v) is 4.11. The van der Waals surface area contributed by atoms with Crippen molar-refractivity contribution < 1.29 is 24.0 Å². The van der Waals surface area contributed by atoms with Crippen molar-refractivity contribution in [2.75, 3.05) is 0 Å². The maximum atomic E-state index is 12.4. The number of hydrogen-bond donors (Lipinski definition) is 0. The third-order valence-electron chi connectivity index (χ3n) is 4.11. The summed E-state index contributed by atoms with van der Waals surface area (Å²) in [6.07, 6.45) is 0. The molecule has 0 aliphatic carbocycles. The summed E-state index contributed by atoms with van der Waals surface area (Å²) in [5.74, 6) is -1.96. The van der Waals surface area contributed by atoms with E-state index in [9.17, 15) is 24.5 Å². The molecule has 2 aromatic rings. The number of fused-ring (bicyclic) bond motifs is 1. The molecule has 0 N–H and O–H groups in total. The predicted octanol–water partition coefficient (Wildman–Crippen LogP) is 2.32. The van der Waals surface area contributed by atoms with Crippen LogP contribution in [0.25, 0.3) is 0 Å². The van der Waals surface area contributed by atoms with Crippen molar-refractivity contribution in [3.63, 3.8) is 0 Å². The summed E-state index contributed by atoms with van der Waals surface area (Å²) in [5, 5.41) is 11.0. The molecule has 132 valence electrons. The van der Waals surface area contributed by atoms with E-state index in [4.69, 9.17) is 4.74 Å². The van der Waals surface area contributed by atoms with Gasteiger partial charge in [0.2, 0.25) is 0 Å². The van der Waals surface area contributed by atoms with Crippen LogP contribution in [0.3, 0.4) is 0 Å². The number of carbonyl (C=O) groups excluding carboxylic acids is 3. The van der Waals surface area contributed by atoms with E-state index in [1.54, 1.807) is 18.2 Å². The van der Waals surface area contributed by atoms with Crippen molar-refractivity contribution in [1.29, 1.82) is 0 Å². The van der Waals surface area contributed by atoms with Gasteiger partial charge in [-0.3, -0.25) is 24.6 Å². The summed E-state index contributed by atoms with van der Waals surface area (Å²) in [7, 11) is 0. The molecule has 0 saturated heterocycles. The number of esters is 1. The van der Waals surface area contributed by atoms with E-state index in [2.05, 4.69) is 0 Å². The predicted molar refractivity (Wildman–Crippen MR) is 89.3 cm³/mol. The Balaban J connectivity index is 1.73. The topological polar surface area (TPSA) is 107 Å². The summed E-state index contributed by atoms with van der Waals surface area (Å²) in [6.45, 7) is 1.05. The Labute approximate surface area is 148 Å². The van der Waals surface area contributed by atoms with E-state index >= 15 is 0 Å². The Morgan fingerprint density at radius 1 is 1.08 bits per heavy atom. The van der Waals surface area contributed by atoms with Crippen molar-refractivity contribution >= 4 is 23.5 Å². The SMILES string of the molecule is C[C@@H](C(=O)OCc1ccccc1[N+](=O)[O-])N1C(=O)c2ccccc2C1=O. The summed E-state index contributed by atoms with van der Waals surface area (Å²) in [4.78, 5) is 48.3. The van der Waals surface area contributed by atoms with Gasteiger partial charge in [-0.25, -0.2) is 4.79 Å². The first-order valence-corrected chi connectivity index (χ1v) is 7.77. The second-order valence-electron chi connectivity index (χ2n) is 5.70. The van der Waals surface area contributed by atoms with E-state index < -0.39 is 28.7 Å². The van der Waals surface area contributed by atoms with Gasteiger partial charge in [-0.15, -0.1) is 0 Å². The van der Waals surface area contributed by atoms with Crippen LogP contribution in [0.4, 0.5) is 5.69 Å². The molecule has 0 spiro atoms. The molecule has 0 aromatic heterocycles. The lowest BCUT2D eigenvalue weighted by molar-refractivity contribution is -0.385. The largest absolute Gasteiger partial charge is 0.459 e. The first-order valence-electron chi connectivity index (χ1n) is 7.77. The van der Waals surface area contributed by atoms with Gasteiger partial charge in [0.25, 0.3) is 17.5 Å². The number of amides is 2. The second kappa shape index (κ2) is 6.75. The van der Waals surface area contributed by atoms with Crippen LogP contribution >= 0.6 is 0 Å². The van der Waals surface area contributed by atoms with E-state index in [0.29, 0.717) is 0 Å². The Kier molecular flexibility index (Phi) is 4.49. The highest BCUT2D eigenvalue weighted by Gasteiger charge is 2.41. The molecule has 1 aliphatic rings. The highest BCUT2D eigenvalue weighted by atomic mass is 16.6. The van der Waals surface area contributed by atoms with Gasteiger partial charge in [0, 0.05) is 6.07 Å². The number of rotatable bonds is 5. The zero-order valence-electron chi connectivity index (χ0n) is 13.7. The molecule has 8 nitrogen and oxygen atoms in total. The molecule has 26 heavy (non-hydrogen) atoms.